The van der Waals surface area contributed by atoms with Crippen molar-refractivity contribution in [3.63, 3.8) is 0 Å². The van der Waals surface area contributed by atoms with E-state index in [1.165, 1.54) is 0 Å². The van der Waals surface area contributed by atoms with Crippen LogP contribution >= 0.6 is 0 Å². The minimum absolute atomic E-state index is 0.000823. The molecular weight excluding hydrogens is 230 g/mol. The fourth-order valence-electron chi connectivity index (χ4n) is 2.28. The summed E-state index contributed by atoms with van der Waals surface area (Å²) in [5.41, 5.74) is 0.198. The maximum Gasteiger partial charge on any atom is 0.309 e. The first-order valence-electron chi connectivity index (χ1n) is 6.42. The molecule has 0 aliphatic carbocycles. The number of hydrogen-bond acceptors (Lipinski definition) is 2. The summed E-state index contributed by atoms with van der Waals surface area (Å²) in [7, 11) is 0. The Labute approximate surface area is 109 Å². The van der Waals surface area contributed by atoms with E-state index in [1.54, 1.807) is 24.8 Å². The molecule has 0 spiro atoms. The second-order valence-electron chi connectivity index (χ2n) is 5.87. The van der Waals surface area contributed by atoms with Crippen molar-refractivity contribution < 1.29 is 14.7 Å². The zero-order valence-corrected chi connectivity index (χ0v) is 11.7. The van der Waals surface area contributed by atoms with E-state index in [0.717, 1.165) is 25.0 Å². The molecule has 1 atom stereocenters. The number of carbonyl (C=O) groups excluding carboxylic acids is 1. The molecule has 1 unspecified atom stereocenters. The van der Waals surface area contributed by atoms with Gasteiger partial charge >= 0.3 is 5.97 Å². The Hall–Kier alpha value is -1.32. The molecule has 1 aliphatic heterocycles. The minimum Gasteiger partial charge on any atom is -0.481 e. The molecule has 0 aromatic carbocycles. The summed E-state index contributed by atoms with van der Waals surface area (Å²) < 4.78 is 0. The van der Waals surface area contributed by atoms with Gasteiger partial charge in [-0.25, -0.2) is 0 Å². The van der Waals surface area contributed by atoms with E-state index in [9.17, 15) is 14.7 Å². The highest BCUT2D eigenvalue weighted by molar-refractivity contribution is 5.88. The van der Waals surface area contributed by atoms with E-state index in [4.69, 9.17) is 0 Å². The molecule has 1 fully saturated rings. The standard InChI is InChI=1S/C14H23NO3/c1-10(2)8-12(16)15-7-5-6-11(9-15)14(3,4)13(17)18/h8,11H,5-7,9H2,1-4H3,(H,17,18). The van der Waals surface area contributed by atoms with Gasteiger partial charge in [-0.05, 0) is 46.5 Å². The number of allylic oxidation sites excluding steroid dienone is 1. The summed E-state index contributed by atoms with van der Waals surface area (Å²) in [6.45, 7) is 8.54. The fourth-order valence-corrected chi connectivity index (χ4v) is 2.28. The molecule has 4 heteroatoms. The van der Waals surface area contributed by atoms with Gasteiger partial charge in [0.05, 0.1) is 5.41 Å². The lowest BCUT2D eigenvalue weighted by Crippen LogP contribution is -2.46. The predicted molar refractivity (Wildman–Crippen MR) is 70.2 cm³/mol. The highest BCUT2D eigenvalue weighted by Crippen LogP contribution is 2.34. The smallest absolute Gasteiger partial charge is 0.309 e. The van der Waals surface area contributed by atoms with Gasteiger partial charge in [0.25, 0.3) is 0 Å². The summed E-state index contributed by atoms with van der Waals surface area (Å²) >= 11 is 0. The molecule has 1 N–H and O–H groups in total. The zero-order chi connectivity index (χ0) is 13.9. The molecule has 4 nitrogen and oxygen atoms in total. The quantitative estimate of drug-likeness (QED) is 0.785. The van der Waals surface area contributed by atoms with Gasteiger partial charge in [-0.2, -0.15) is 0 Å². The molecule has 0 radical (unpaired) electrons. The number of aliphatic carboxylic acids is 1. The number of carbonyl (C=O) groups is 2. The lowest BCUT2D eigenvalue weighted by atomic mass is 9.74. The van der Waals surface area contributed by atoms with Crippen LogP contribution in [-0.2, 0) is 9.59 Å². The minimum atomic E-state index is -0.788. The number of hydrogen-bond donors (Lipinski definition) is 1. The second kappa shape index (κ2) is 5.55. The fraction of sp³-hybridized carbons (Fsp3) is 0.714. The third-order valence-corrected chi connectivity index (χ3v) is 3.72. The molecule has 1 saturated heterocycles. The van der Waals surface area contributed by atoms with Crippen LogP contribution < -0.4 is 0 Å². The van der Waals surface area contributed by atoms with Crippen molar-refractivity contribution in [1.82, 2.24) is 4.90 Å². The van der Waals surface area contributed by atoms with E-state index >= 15 is 0 Å². The summed E-state index contributed by atoms with van der Waals surface area (Å²) in [5, 5.41) is 9.25. The van der Waals surface area contributed by atoms with E-state index in [0.29, 0.717) is 6.54 Å². The maximum atomic E-state index is 12.0. The van der Waals surface area contributed by atoms with Crippen LogP contribution in [0.15, 0.2) is 11.6 Å². The van der Waals surface area contributed by atoms with Crippen molar-refractivity contribution >= 4 is 11.9 Å². The largest absolute Gasteiger partial charge is 0.481 e. The Morgan fingerprint density at radius 2 is 1.94 bits per heavy atom. The van der Waals surface area contributed by atoms with Gasteiger partial charge in [-0.15, -0.1) is 0 Å². The molecule has 102 valence electrons. The van der Waals surface area contributed by atoms with Gasteiger partial charge < -0.3 is 10.0 Å². The Morgan fingerprint density at radius 3 is 2.44 bits per heavy atom. The van der Waals surface area contributed by atoms with Crippen molar-refractivity contribution in [2.24, 2.45) is 11.3 Å². The summed E-state index contributed by atoms with van der Waals surface area (Å²) in [5.74, 6) is -0.761. The Kier molecular flexibility index (Phi) is 4.54. The van der Waals surface area contributed by atoms with E-state index in [2.05, 4.69) is 0 Å². The van der Waals surface area contributed by atoms with Crippen LogP contribution in [0.2, 0.25) is 0 Å². The van der Waals surface area contributed by atoms with Crippen molar-refractivity contribution in [3.8, 4) is 0 Å². The number of carboxylic acids is 1. The van der Waals surface area contributed by atoms with Gasteiger partial charge in [0.2, 0.25) is 5.91 Å². The lowest BCUT2D eigenvalue weighted by Gasteiger charge is -2.38. The van der Waals surface area contributed by atoms with Crippen LogP contribution in [0.4, 0.5) is 0 Å². The number of rotatable bonds is 3. The number of likely N-dealkylation sites (tertiary alicyclic amines) is 1. The van der Waals surface area contributed by atoms with Crippen molar-refractivity contribution in [2.75, 3.05) is 13.1 Å². The molecule has 1 aliphatic rings. The van der Waals surface area contributed by atoms with Gasteiger partial charge in [0.1, 0.15) is 0 Å². The second-order valence-corrected chi connectivity index (χ2v) is 5.87. The number of nitrogens with zero attached hydrogens (tertiary/aromatic N) is 1. The highest BCUT2D eigenvalue weighted by atomic mass is 16.4. The third-order valence-electron chi connectivity index (χ3n) is 3.72. The van der Waals surface area contributed by atoms with Crippen LogP contribution in [0.1, 0.15) is 40.5 Å². The molecule has 1 rings (SSSR count). The highest BCUT2D eigenvalue weighted by Gasteiger charge is 2.39. The van der Waals surface area contributed by atoms with E-state index < -0.39 is 11.4 Å². The Balaban J connectivity index is 2.76. The van der Waals surface area contributed by atoms with Gasteiger partial charge in [-0.1, -0.05) is 5.57 Å². The van der Waals surface area contributed by atoms with Gasteiger partial charge in [-0.3, -0.25) is 9.59 Å². The van der Waals surface area contributed by atoms with Crippen LogP contribution in [0.3, 0.4) is 0 Å². The predicted octanol–water partition coefficient (Wildman–Crippen LogP) is 2.30. The molecule has 0 saturated carbocycles. The number of piperidine rings is 1. The van der Waals surface area contributed by atoms with Crippen LogP contribution in [0.5, 0.6) is 0 Å². The molecule has 1 amide bonds. The van der Waals surface area contributed by atoms with E-state index in [-0.39, 0.29) is 11.8 Å². The zero-order valence-electron chi connectivity index (χ0n) is 11.7. The van der Waals surface area contributed by atoms with Gasteiger partial charge in [0.15, 0.2) is 0 Å². The first kappa shape index (κ1) is 14.7. The maximum absolute atomic E-state index is 12.0. The molecule has 0 aromatic rings. The monoisotopic (exact) mass is 253 g/mol. The van der Waals surface area contributed by atoms with Crippen LogP contribution in [-0.4, -0.2) is 35.0 Å². The first-order chi connectivity index (χ1) is 8.25. The first-order valence-corrected chi connectivity index (χ1v) is 6.42. The summed E-state index contributed by atoms with van der Waals surface area (Å²) in [6, 6.07) is 0. The average Bonchev–Trinajstić information content (AvgIpc) is 2.28. The molecular formula is C14H23NO3. The Morgan fingerprint density at radius 1 is 1.33 bits per heavy atom. The average molecular weight is 253 g/mol. The molecule has 0 bridgehead atoms. The third kappa shape index (κ3) is 3.34. The number of amides is 1. The summed E-state index contributed by atoms with van der Waals surface area (Å²) in [6.07, 6.45) is 3.37. The Bertz CT molecular complexity index is 367. The van der Waals surface area contributed by atoms with Crippen molar-refractivity contribution in [1.29, 1.82) is 0 Å². The lowest BCUT2D eigenvalue weighted by molar-refractivity contribution is -0.152. The van der Waals surface area contributed by atoms with Crippen LogP contribution in [0.25, 0.3) is 0 Å². The SMILES string of the molecule is CC(C)=CC(=O)N1CCCC(C(C)(C)C(=O)O)C1. The summed E-state index contributed by atoms with van der Waals surface area (Å²) in [4.78, 5) is 25.0. The molecule has 18 heavy (non-hydrogen) atoms. The number of carboxylic acid groups (broad SMARTS) is 1. The normalized spacial score (nSPS) is 20.4. The van der Waals surface area contributed by atoms with Gasteiger partial charge in [0, 0.05) is 19.2 Å². The van der Waals surface area contributed by atoms with E-state index in [1.807, 2.05) is 13.8 Å². The van der Waals surface area contributed by atoms with Crippen LogP contribution in [0, 0.1) is 11.3 Å². The van der Waals surface area contributed by atoms with Crippen molar-refractivity contribution in [2.45, 2.75) is 40.5 Å². The topological polar surface area (TPSA) is 57.6 Å². The molecule has 1 heterocycles. The molecule has 0 aromatic heterocycles. The van der Waals surface area contributed by atoms with Crippen molar-refractivity contribution in [3.05, 3.63) is 11.6 Å².